The van der Waals surface area contributed by atoms with Crippen molar-refractivity contribution in [3.8, 4) is 11.5 Å². The first-order valence-corrected chi connectivity index (χ1v) is 10.9. The van der Waals surface area contributed by atoms with Gasteiger partial charge in [-0.2, -0.15) is 0 Å². The number of nitrogens with one attached hydrogen (secondary N) is 2. The largest absolute Gasteiger partial charge is 0.486 e. The summed E-state index contributed by atoms with van der Waals surface area (Å²) in [4.78, 5) is 20.1. The molecule has 1 aromatic heterocycles. The maximum absolute atomic E-state index is 12.2. The van der Waals surface area contributed by atoms with Crippen LogP contribution in [-0.4, -0.2) is 41.4 Å². The van der Waals surface area contributed by atoms with Crippen LogP contribution in [0.3, 0.4) is 0 Å². The molecule has 0 fully saturated rings. The number of benzene rings is 2. The fourth-order valence-electron chi connectivity index (χ4n) is 3.15. The van der Waals surface area contributed by atoms with Gasteiger partial charge in [0.15, 0.2) is 11.5 Å². The van der Waals surface area contributed by atoms with Crippen LogP contribution in [0, 0.1) is 0 Å². The van der Waals surface area contributed by atoms with Crippen molar-refractivity contribution in [3.63, 3.8) is 0 Å². The average molecular weight is 432 g/mol. The summed E-state index contributed by atoms with van der Waals surface area (Å²) in [5.41, 5.74) is 2.96. The van der Waals surface area contributed by atoms with Crippen LogP contribution >= 0.6 is 23.4 Å². The quantitative estimate of drug-likeness (QED) is 0.588. The molecule has 2 aromatic carbocycles. The molecule has 3 aromatic rings. The maximum atomic E-state index is 12.2. The molecule has 0 saturated carbocycles. The number of aromatic nitrogens is 2. The number of hydrogen-bond donors (Lipinski definition) is 2. The van der Waals surface area contributed by atoms with E-state index in [1.165, 1.54) is 0 Å². The van der Waals surface area contributed by atoms with E-state index in [1.54, 1.807) is 11.8 Å². The molecule has 0 saturated heterocycles. The van der Waals surface area contributed by atoms with Crippen molar-refractivity contribution in [1.82, 2.24) is 15.3 Å². The molecule has 1 unspecified atom stereocenters. The third kappa shape index (κ3) is 4.79. The lowest BCUT2D eigenvalue weighted by Crippen LogP contribution is -2.27. The molecule has 4 rings (SSSR count). The Labute approximate surface area is 178 Å². The number of thioether (sulfide) groups is 1. The summed E-state index contributed by atoms with van der Waals surface area (Å²) in [6.07, 6.45) is 0.673. The Hall–Kier alpha value is -2.38. The smallest absolute Gasteiger partial charge is 0.230 e. The molecule has 1 atom stereocenters. The molecule has 1 aliphatic rings. The zero-order valence-electron chi connectivity index (χ0n) is 16.0. The lowest BCUT2D eigenvalue weighted by Gasteiger charge is -2.20. The number of fused-ring (bicyclic) bond motifs is 2. The highest BCUT2D eigenvalue weighted by atomic mass is 35.5. The van der Waals surface area contributed by atoms with Gasteiger partial charge in [-0.05, 0) is 43.2 Å². The summed E-state index contributed by atoms with van der Waals surface area (Å²) >= 11 is 7.81. The molecule has 8 heteroatoms. The highest BCUT2D eigenvalue weighted by Gasteiger charge is 2.17. The monoisotopic (exact) mass is 431 g/mol. The van der Waals surface area contributed by atoms with Crippen molar-refractivity contribution in [2.24, 2.45) is 0 Å². The van der Waals surface area contributed by atoms with Crippen LogP contribution in [0.25, 0.3) is 11.0 Å². The van der Waals surface area contributed by atoms with Gasteiger partial charge in [-0.3, -0.25) is 4.79 Å². The maximum Gasteiger partial charge on any atom is 0.230 e. The lowest BCUT2D eigenvalue weighted by molar-refractivity contribution is -0.118. The number of aromatic amines is 1. The van der Waals surface area contributed by atoms with Crippen molar-refractivity contribution >= 4 is 40.3 Å². The number of hydrogen-bond acceptors (Lipinski definition) is 5. The summed E-state index contributed by atoms with van der Waals surface area (Å²) < 4.78 is 11.1. The Morgan fingerprint density at radius 1 is 1.31 bits per heavy atom. The first kappa shape index (κ1) is 19.9. The van der Waals surface area contributed by atoms with E-state index < -0.39 is 0 Å². The van der Waals surface area contributed by atoms with E-state index in [4.69, 9.17) is 21.1 Å². The third-order valence-corrected chi connectivity index (χ3v) is 6.08. The Kier molecular flexibility index (Phi) is 6.16. The van der Waals surface area contributed by atoms with Gasteiger partial charge in [-0.1, -0.05) is 23.7 Å². The molecule has 2 heterocycles. The number of H-pyrrole nitrogens is 1. The summed E-state index contributed by atoms with van der Waals surface area (Å²) in [5, 5.41) is 3.60. The van der Waals surface area contributed by atoms with E-state index in [-0.39, 0.29) is 11.2 Å². The Bertz CT molecular complexity index is 991. The molecule has 1 amide bonds. The molecule has 0 radical (unpaired) electrons. The van der Waals surface area contributed by atoms with Gasteiger partial charge in [-0.15, -0.1) is 11.8 Å². The van der Waals surface area contributed by atoms with Crippen molar-refractivity contribution in [2.75, 3.05) is 25.5 Å². The summed E-state index contributed by atoms with van der Waals surface area (Å²) in [6.45, 7) is 3.61. The zero-order chi connectivity index (χ0) is 20.2. The number of amides is 1. The van der Waals surface area contributed by atoms with Crippen LogP contribution < -0.4 is 14.8 Å². The second-order valence-corrected chi connectivity index (χ2v) is 8.53. The third-order valence-electron chi connectivity index (χ3n) is 4.65. The number of imidazole rings is 1. The van der Waals surface area contributed by atoms with Gasteiger partial charge < -0.3 is 19.8 Å². The van der Waals surface area contributed by atoms with Crippen molar-refractivity contribution < 1.29 is 14.3 Å². The average Bonchev–Trinajstić information content (AvgIpc) is 3.16. The highest BCUT2D eigenvalue weighted by Crippen LogP contribution is 2.38. The van der Waals surface area contributed by atoms with Crippen LogP contribution in [0.1, 0.15) is 23.6 Å². The minimum Gasteiger partial charge on any atom is -0.486 e. The first-order valence-electron chi connectivity index (χ1n) is 9.51. The second-order valence-electron chi connectivity index (χ2n) is 6.79. The molecule has 6 nitrogen and oxygen atoms in total. The molecule has 0 spiro atoms. The van der Waals surface area contributed by atoms with E-state index in [0.29, 0.717) is 48.5 Å². The minimum absolute atomic E-state index is 0.00148. The first-order chi connectivity index (χ1) is 14.1. The predicted molar refractivity (Wildman–Crippen MR) is 116 cm³/mol. The molecular weight excluding hydrogens is 410 g/mol. The molecular formula is C21H22ClN3O3S. The standard InChI is InChI=1S/C21H22ClN3O3S/c1-13(21-24-16-4-2-3-5-17(16)25-21)29-12-19(26)23-7-6-14-10-15(22)20-18(11-14)27-8-9-28-20/h2-5,10-11,13H,6-9,12H2,1H3,(H,23,26)(H,24,25). The molecule has 2 N–H and O–H groups in total. The predicted octanol–water partition coefficient (Wildman–Crippen LogP) is 4.14. The number of nitrogens with zero attached hydrogens (tertiary/aromatic N) is 1. The van der Waals surface area contributed by atoms with Gasteiger partial charge in [0, 0.05) is 6.54 Å². The van der Waals surface area contributed by atoms with Crippen LogP contribution in [0.4, 0.5) is 0 Å². The summed E-state index contributed by atoms with van der Waals surface area (Å²) in [6, 6.07) is 11.7. The van der Waals surface area contributed by atoms with Crippen LogP contribution in [-0.2, 0) is 11.2 Å². The van der Waals surface area contributed by atoms with E-state index in [2.05, 4.69) is 15.3 Å². The van der Waals surface area contributed by atoms with Gasteiger partial charge in [-0.25, -0.2) is 4.98 Å². The van der Waals surface area contributed by atoms with Crippen molar-refractivity contribution in [2.45, 2.75) is 18.6 Å². The molecule has 0 aliphatic carbocycles. The van der Waals surface area contributed by atoms with Crippen LogP contribution in [0.15, 0.2) is 36.4 Å². The Balaban J connectivity index is 1.24. The number of halogens is 1. The van der Waals surface area contributed by atoms with E-state index in [9.17, 15) is 4.79 Å². The molecule has 1 aliphatic heterocycles. The molecule has 0 bridgehead atoms. The number of carbonyl (C=O) groups excluding carboxylic acids is 1. The lowest BCUT2D eigenvalue weighted by atomic mass is 10.1. The normalized spacial score (nSPS) is 14.0. The number of carbonyl (C=O) groups is 1. The Morgan fingerprint density at radius 3 is 3.00 bits per heavy atom. The molecule has 152 valence electrons. The minimum atomic E-state index is 0.00148. The topological polar surface area (TPSA) is 76.2 Å². The fourth-order valence-corrected chi connectivity index (χ4v) is 4.21. The van der Waals surface area contributed by atoms with E-state index in [0.717, 1.165) is 22.4 Å². The fraction of sp³-hybridized carbons (Fsp3) is 0.333. The summed E-state index contributed by atoms with van der Waals surface area (Å²) in [5.74, 6) is 2.53. The van der Waals surface area contributed by atoms with Crippen molar-refractivity contribution in [3.05, 3.63) is 52.8 Å². The zero-order valence-corrected chi connectivity index (χ0v) is 17.6. The van der Waals surface area contributed by atoms with E-state index >= 15 is 0 Å². The van der Waals surface area contributed by atoms with Gasteiger partial charge in [0.05, 0.1) is 27.1 Å². The van der Waals surface area contributed by atoms with Gasteiger partial charge >= 0.3 is 0 Å². The van der Waals surface area contributed by atoms with Crippen LogP contribution in [0.5, 0.6) is 11.5 Å². The van der Waals surface area contributed by atoms with Gasteiger partial charge in [0.2, 0.25) is 5.91 Å². The van der Waals surface area contributed by atoms with Crippen molar-refractivity contribution in [1.29, 1.82) is 0 Å². The SMILES string of the molecule is CC(SCC(=O)NCCc1cc(Cl)c2c(c1)OCCO2)c1nc2ccccc2[nH]1. The molecule has 29 heavy (non-hydrogen) atoms. The summed E-state index contributed by atoms with van der Waals surface area (Å²) in [7, 11) is 0. The highest BCUT2D eigenvalue weighted by molar-refractivity contribution is 8.00. The number of para-hydroxylation sites is 2. The second kappa shape index (κ2) is 8.97. The van der Waals surface area contributed by atoms with Crippen LogP contribution in [0.2, 0.25) is 5.02 Å². The van der Waals surface area contributed by atoms with Gasteiger partial charge in [0.25, 0.3) is 0 Å². The number of rotatable bonds is 7. The Morgan fingerprint density at radius 2 is 2.14 bits per heavy atom. The number of ether oxygens (including phenoxy) is 2. The van der Waals surface area contributed by atoms with E-state index in [1.807, 2.05) is 43.3 Å². The van der Waals surface area contributed by atoms with Gasteiger partial charge in [0.1, 0.15) is 19.0 Å².